The fourth-order valence-corrected chi connectivity index (χ4v) is 5.04. The molecule has 2 unspecified atom stereocenters. The lowest BCUT2D eigenvalue weighted by Crippen LogP contribution is -2.32. The number of H-pyrrole nitrogens is 2. The molecule has 6 rings (SSSR count). The van der Waals surface area contributed by atoms with E-state index in [9.17, 15) is 19.2 Å². The maximum absolute atomic E-state index is 10.6. The molecule has 0 amide bonds. The smallest absolute Gasteiger partial charge is 0.320 e. The van der Waals surface area contributed by atoms with E-state index in [1.807, 2.05) is 60.9 Å². The molecule has 248 valence electrons. The van der Waals surface area contributed by atoms with Gasteiger partial charge in [0, 0.05) is 47.0 Å². The number of carbonyl (C=O) groups is 4. The Bertz CT molecular complexity index is 1470. The fourth-order valence-electron chi connectivity index (χ4n) is 5.04. The van der Waals surface area contributed by atoms with Crippen LogP contribution in [0, 0.1) is 0 Å². The minimum absolute atomic E-state index is 0.269. The van der Waals surface area contributed by atoms with E-state index >= 15 is 0 Å². The molecule has 2 fully saturated rings. The Morgan fingerprint density at radius 2 is 1.02 bits per heavy atom. The third-order valence-corrected chi connectivity index (χ3v) is 7.58. The van der Waals surface area contributed by atoms with Gasteiger partial charge in [-0.1, -0.05) is 36.4 Å². The second-order valence-corrected chi connectivity index (χ2v) is 11.0. The molecule has 46 heavy (non-hydrogen) atoms. The number of nitrogens with two attached hydrogens (primary N) is 2. The molecule has 14 heteroatoms. The van der Waals surface area contributed by atoms with Crippen molar-refractivity contribution in [3.05, 3.63) is 72.1 Å². The van der Waals surface area contributed by atoms with E-state index in [2.05, 4.69) is 20.6 Å². The molecule has 2 aliphatic rings. The number of fused-ring (bicyclic) bond motifs is 2. The van der Waals surface area contributed by atoms with Gasteiger partial charge in [0.15, 0.2) is 0 Å². The number of rotatable bonds is 8. The summed E-state index contributed by atoms with van der Waals surface area (Å²) in [4.78, 5) is 47.7. The van der Waals surface area contributed by atoms with Crippen molar-refractivity contribution in [3.8, 4) is 0 Å². The quantitative estimate of drug-likeness (QED) is 0.133. The van der Waals surface area contributed by atoms with Crippen molar-refractivity contribution >= 4 is 45.7 Å². The van der Waals surface area contributed by atoms with Gasteiger partial charge < -0.3 is 52.5 Å². The Hall–Kier alpha value is -4.76. The average molecular weight is 639 g/mol. The molecular weight excluding hydrogens is 596 g/mol. The Morgan fingerprint density at radius 3 is 1.30 bits per heavy atom. The third kappa shape index (κ3) is 10.7. The second-order valence-electron chi connectivity index (χ2n) is 11.0. The van der Waals surface area contributed by atoms with E-state index in [1.165, 1.54) is 0 Å². The van der Waals surface area contributed by atoms with E-state index in [0.717, 1.165) is 71.7 Å². The maximum atomic E-state index is 10.6. The SMILES string of the molecule is NC(Cc1c[nH]c2ccccc12)C(=O)O.NC(Cc1c[nH]c2ccccc12)C(=O)O.O=C(O)[C@@H]1CCCN1.O=C(O)[C@@H]1CCCN1. The van der Waals surface area contributed by atoms with E-state index < -0.39 is 36.0 Å². The zero-order valence-electron chi connectivity index (χ0n) is 25.3. The highest BCUT2D eigenvalue weighted by molar-refractivity contribution is 5.85. The summed E-state index contributed by atoms with van der Waals surface area (Å²) in [6.07, 6.45) is 7.89. The van der Waals surface area contributed by atoms with Gasteiger partial charge in [-0.15, -0.1) is 0 Å². The number of carboxylic acids is 4. The monoisotopic (exact) mass is 638 g/mol. The number of carboxylic acid groups (broad SMARTS) is 4. The van der Waals surface area contributed by atoms with Crippen LogP contribution in [0.4, 0.5) is 0 Å². The summed E-state index contributed by atoms with van der Waals surface area (Å²) in [5.41, 5.74) is 14.9. The molecule has 2 saturated heterocycles. The molecule has 4 aromatic rings. The molecule has 0 spiro atoms. The van der Waals surface area contributed by atoms with Gasteiger partial charge in [-0.3, -0.25) is 19.2 Å². The predicted molar refractivity (Wildman–Crippen MR) is 173 cm³/mol. The van der Waals surface area contributed by atoms with Crippen LogP contribution < -0.4 is 22.1 Å². The topological polar surface area (TPSA) is 257 Å². The Labute approximate surface area is 265 Å². The van der Waals surface area contributed by atoms with Gasteiger partial charge >= 0.3 is 23.9 Å². The van der Waals surface area contributed by atoms with Crippen molar-refractivity contribution in [2.24, 2.45) is 11.5 Å². The van der Waals surface area contributed by atoms with Gasteiger partial charge in [-0.2, -0.15) is 0 Å². The molecule has 2 aromatic carbocycles. The second kappa shape index (κ2) is 17.7. The van der Waals surface area contributed by atoms with Crippen LogP contribution in [0.15, 0.2) is 60.9 Å². The van der Waals surface area contributed by atoms with Crippen molar-refractivity contribution < 1.29 is 39.6 Å². The molecule has 0 aliphatic carbocycles. The lowest BCUT2D eigenvalue weighted by molar-refractivity contribution is -0.140. The maximum Gasteiger partial charge on any atom is 0.320 e. The van der Waals surface area contributed by atoms with E-state index in [1.54, 1.807) is 0 Å². The summed E-state index contributed by atoms with van der Waals surface area (Å²) >= 11 is 0. The van der Waals surface area contributed by atoms with Crippen molar-refractivity contribution in [2.45, 2.75) is 62.7 Å². The van der Waals surface area contributed by atoms with Crippen molar-refractivity contribution in [1.29, 1.82) is 0 Å². The molecule has 4 heterocycles. The van der Waals surface area contributed by atoms with Crippen LogP contribution in [0.3, 0.4) is 0 Å². The molecule has 0 saturated carbocycles. The summed E-state index contributed by atoms with van der Waals surface area (Å²) in [5, 5.41) is 41.9. The molecule has 0 radical (unpaired) electrons. The van der Waals surface area contributed by atoms with Gasteiger partial charge in [0.2, 0.25) is 0 Å². The molecule has 2 aliphatic heterocycles. The number of aliphatic carboxylic acids is 4. The van der Waals surface area contributed by atoms with E-state index in [4.69, 9.17) is 31.9 Å². The highest BCUT2D eigenvalue weighted by atomic mass is 16.4. The number of nitrogens with one attached hydrogen (secondary N) is 4. The first kappa shape index (κ1) is 35.7. The minimum atomic E-state index is -0.972. The van der Waals surface area contributed by atoms with Gasteiger partial charge in [-0.25, -0.2) is 0 Å². The summed E-state index contributed by atoms with van der Waals surface area (Å²) in [6, 6.07) is 13.3. The van der Waals surface area contributed by atoms with E-state index in [0.29, 0.717) is 12.8 Å². The summed E-state index contributed by atoms with van der Waals surface area (Å²) in [6.45, 7) is 1.72. The van der Waals surface area contributed by atoms with Gasteiger partial charge in [0.1, 0.15) is 24.2 Å². The largest absolute Gasteiger partial charge is 0.480 e. The fraction of sp³-hybridized carbons (Fsp3) is 0.375. The van der Waals surface area contributed by atoms with Crippen molar-refractivity contribution in [2.75, 3.05) is 13.1 Å². The van der Waals surface area contributed by atoms with Crippen LogP contribution in [0.1, 0.15) is 36.8 Å². The summed E-state index contributed by atoms with van der Waals surface area (Å²) in [5.74, 6) is -3.38. The average Bonchev–Trinajstić information content (AvgIpc) is 3.86. The first-order valence-electron chi connectivity index (χ1n) is 15.0. The highest BCUT2D eigenvalue weighted by Crippen LogP contribution is 2.19. The van der Waals surface area contributed by atoms with Gasteiger partial charge in [0.25, 0.3) is 0 Å². The molecule has 12 N–H and O–H groups in total. The number of hydrogen-bond acceptors (Lipinski definition) is 8. The first-order chi connectivity index (χ1) is 22.0. The summed E-state index contributed by atoms with van der Waals surface area (Å²) < 4.78 is 0. The zero-order valence-corrected chi connectivity index (χ0v) is 25.3. The van der Waals surface area contributed by atoms with Crippen LogP contribution in [0.2, 0.25) is 0 Å². The van der Waals surface area contributed by atoms with Crippen LogP contribution in [0.25, 0.3) is 21.8 Å². The van der Waals surface area contributed by atoms with E-state index in [-0.39, 0.29) is 12.1 Å². The number of hydrogen-bond donors (Lipinski definition) is 10. The molecule has 14 nitrogen and oxygen atoms in total. The standard InChI is InChI=1S/2C11H12N2O2.2C5H9NO2/c2*12-9(11(14)15)5-7-6-13-10-4-2-1-3-8(7)10;2*7-5(8)4-2-1-3-6-4/h2*1-4,6,9,13H,5,12H2,(H,14,15);2*4,6H,1-3H2,(H,7,8)/t;;2*4-/m..00/s1. The summed E-state index contributed by atoms with van der Waals surface area (Å²) in [7, 11) is 0. The number of benzene rings is 2. The van der Waals surface area contributed by atoms with Gasteiger partial charge in [0.05, 0.1) is 0 Å². The first-order valence-corrected chi connectivity index (χ1v) is 15.0. The zero-order chi connectivity index (χ0) is 33.6. The lowest BCUT2D eigenvalue weighted by Gasteiger charge is -2.04. The molecule has 4 atom stereocenters. The van der Waals surface area contributed by atoms with Crippen LogP contribution >= 0.6 is 0 Å². The van der Waals surface area contributed by atoms with Gasteiger partial charge in [-0.05, 0) is 62.0 Å². The van der Waals surface area contributed by atoms with Crippen molar-refractivity contribution in [1.82, 2.24) is 20.6 Å². The normalized spacial score (nSPS) is 18.2. The highest BCUT2D eigenvalue weighted by Gasteiger charge is 2.21. The molecule has 0 bridgehead atoms. The van der Waals surface area contributed by atoms with Crippen molar-refractivity contribution in [3.63, 3.8) is 0 Å². The lowest BCUT2D eigenvalue weighted by atomic mass is 10.1. The Kier molecular flexibility index (Phi) is 13.7. The Balaban J connectivity index is 0.000000174. The van der Waals surface area contributed by atoms with Crippen LogP contribution in [0.5, 0.6) is 0 Å². The molecule has 2 aromatic heterocycles. The molecular formula is C32H42N6O8. The Morgan fingerprint density at radius 1 is 0.652 bits per heavy atom. The number of aromatic amines is 2. The minimum Gasteiger partial charge on any atom is -0.480 e. The number of aromatic nitrogens is 2. The van der Waals surface area contributed by atoms with Crippen LogP contribution in [-0.4, -0.2) is 91.5 Å². The van der Waals surface area contributed by atoms with Crippen LogP contribution in [-0.2, 0) is 32.0 Å². The third-order valence-electron chi connectivity index (χ3n) is 7.58. The predicted octanol–water partition coefficient (Wildman–Crippen LogP) is 1.89. The number of para-hydroxylation sites is 2.